The Balaban J connectivity index is 1.71. The van der Waals surface area contributed by atoms with Gasteiger partial charge in [-0.2, -0.15) is 0 Å². The van der Waals surface area contributed by atoms with Gasteiger partial charge in [-0.05, 0) is 57.9 Å². The molecule has 2 aliphatic heterocycles. The molecule has 21 heavy (non-hydrogen) atoms. The lowest BCUT2D eigenvalue weighted by molar-refractivity contribution is 0.318. The topological polar surface area (TPSA) is 18.5 Å². The molecule has 0 amide bonds. The second kappa shape index (κ2) is 5.84. The summed E-state index contributed by atoms with van der Waals surface area (Å²) in [7, 11) is 1.93. The fraction of sp³-hybridized carbons (Fsp3) is 0.647. The monoisotopic (exact) mass is 291 g/mol. The molecule has 0 aliphatic carbocycles. The van der Waals surface area contributed by atoms with Crippen LogP contribution >= 0.6 is 0 Å². The molecule has 2 aliphatic rings. The third-order valence-electron chi connectivity index (χ3n) is 5.06. The Morgan fingerprint density at radius 3 is 2.81 bits per heavy atom. The van der Waals surface area contributed by atoms with Crippen LogP contribution in [0.2, 0.25) is 0 Å². The van der Waals surface area contributed by atoms with Crippen molar-refractivity contribution in [3.63, 3.8) is 0 Å². The maximum Gasteiger partial charge on any atom is 0.148 e. The second-order valence-electron chi connectivity index (χ2n) is 6.66. The number of nitrogens with one attached hydrogen (secondary N) is 1. The van der Waals surface area contributed by atoms with E-state index in [-0.39, 0.29) is 5.82 Å². The van der Waals surface area contributed by atoms with Crippen LogP contribution in [0.4, 0.5) is 15.8 Å². The van der Waals surface area contributed by atoms with E-state index in [2.05, 4.69) is 24.1 Å². The van der Waals surface area contributed by atoms with Crippen molar-refractivity contribution in [2.75, 3.05) is 30.4 Å². The van der Waals surface area contributed by atoms with E-state index in [0.717, 1.165) is 5.69 Å². The van der Waals surface area contributed by atoms with E-state index in [1.165, 1.54) is 32.4 Å². The average Bonchev–Trinajstić information content (AvgIpc) is 3.03. The van der Waals surface area contributed by atoms with Crippen molar-refractivity contribution in [2.45, 2.75) is 51.2 Å². The van der Waals surface area contributed by atoms with Crippen LogP contribution in [0.15, 0.2) is 18.2 Å². The molecule has 0 radical (unpaired) electrons. The molecule has 2 saturated heterocycles. The van der Waals surface area contributed by atoms with Crippen LogP contribution in [0.5, 0.6) is 0 Å². The fourth-order valence-corrected chi connectivity index (χ4v) is 3.63. The summed E-state index contributed by atoms with van der Waals surface area (Å²) in [6, 6.07) is 6.95. The van der Waals surface area contributed by atoms with Crippen LogP contribution in [0.3, 0.4) is 0 Å². The van der Waals surface area contributed by atoms with Crippen molar-refractivity contribution in [1.82, 2.24) is 4.90 Å². The highest BCUT2D eigenvalue weighted by Crippen LogP contribution is 2.31. The summed E-state index contributed by atoms with van der Waals surface area (Å²) in [4.78, 5) is 4.53. The summed E-state index contributed by atoms with van der Waals surface area (Å²) in [5.74, 6) is -0.141. The summed E-state index contributed by atoms with van der Waals surface area (Å²) in [6.45, 7) is 6.55. The largest absolute Gasteiger partial charge is 0.381 e. The molecule has 3 rings (SSSR count). The molecule has 0 aromatic heterocycles. The Hall–Kier alpha value is -1.29. The lowest BCUT2D eigenvalue weighted by Crippen LogP contribution is -2.33. The molecule has 1 aromatic carbocycles. The molecule has 116 valence electrons. The highest BCUT2D eigenvalue weighted by molar-refractivity contribution is 5.57. The lowest BCUT2D eigenvalue weighted by atomic mass is 10.1. The Bertz CT molecular complexity index is 503. The van der Waals surface area contributed by atoms with Gasteiger partial charge in [-0.1, -0.05) is 0 Å². The summed E-state index contributed by atoms with van der Waals surface area (Å²) in [5.41, 5.74) is 1.58. The van der Waals surface area contributed by atoms with Gasteiger partial charge in [0.25, 0.3) is 0 Å². The maximum atomic E-state index is 14.3. The molecule has 0 spiro atoms. The quantitative estimate of drug-likeness (QED) is 0.918. The van der Waals surface area contributed by atoms with E-state index in [0.29, 0.717) is 23.8 Å². The molecule has 4 heteroatoms. The predicted octanol–water partition coefficient (Wildman–Crippen LogP) is 3.32. The molecule has 1 aromatic rings. The van der Waals surface area contributed by atoms with Crippen molar-refractivity contribution in [2.24, 2.45) is 0 Å². The fourth-order valence-electron chi connectivity index (χ4n) is 3.63. The number of hydrogen-bond acceptors (Lipinski definition) is 3. The van der Waals surface area contributed by atoms with Gasteiger partial charge in [-0.3, -0.25) is 4.90 Å². The molecule has 1 N–H and O–H groups in total. The van der Waals surface area contributed by atoms with Gasteiger partial charge in [0.15, 0.2) is 0 Å². The zero-order chi connectivity index (χ0) is 15.0. The van der Waals surface area contributed by atoms with Crippen LogP contribution in [-0.2, 0) is 0 Å². The lowest BCUT2D eigenvalue weighted by Gasteiger charge is -2.26. The smallest absolute Gasteiger partial charge is 0.148 e. The van der Waals surface area contributed by atoms with Crippen molar-refractivity contribution < 1.29 is 4.39 Å². The van der Waals surface area contributed by atoms with Crippen molar-refractivity contribution in [3.05, 3.63) is 24.0 Å². The highest BCUT2D eigenvalue weighted by Gasteiger charge is 2.36. The van der Waals surface area contributed by atoms with Gasteiger partial charge in [0.2, 0.25) is 0 Å². The summed E-state index contributed by atoms with van der Waals surface area (Å²) >= 11 is 0. The SMILES string of the molecule is CC(C)N(C)c1ccc(NC2CCN3CCCC23)cc1F. The molecule has 2 heterocycles. The molecule has 0 bridgehead atoms. The molecule has 2 atom stereocenters. The van der Waals surface area contributed by atoms with Crippen molar-refractivity contribution in [3.8, 4) is 0 Å². The van der Waals surface area contributed by atoms with E-state index < -0.39 is 0 Å². The van der Waals surface area contributed by atoms with Crippen LogP contribution < -0.4 is 10.2 Å². The molecule has 3 nitrogen and oxygen atoms in total. The number of rotatable bonds is 4. The van der Waals surface area contributed by atoms with Gasteiger partial charge < -0.3 is 10.2 Å². The van der Waals surface area contributed by atoms with E-state index in [1.54, 1.807) is 6.07 Å². The number of fused-ring (bicyclic) bond motifs is 1. The van der Waals surface area contributed by atoms with Crippen LogP contribution in [0.25, 0.3) is 0 Å². The Kier molecular flexibility index (Phi) is 4.07. The van der Waals surface area contributed by atoms with Crippen LogP contribution in [-0.4, -0.2) is 43.2 Å². The van der Waals surface area contributed by atoms with Crippen LogP contribution in [0, 0.1) is 5.82 Å². The number of nitrogens with zero attached hydrogens (tertiary/aromatic N) is 2. The number of hydrogen-bond donors (Lipinski definition) is 1. The van der Waals surface area contributed by atoms with Gasteiger partial charge in [0.1, 0.15) is 5.82 Å². The van der Waals surface area contributed by atoms with Crippen molar-refractivity contribution in [1.29, 1.82) is 0 Å². The van der Waals surface area contributed by atoms with Crippen molar-refractivity contribution >= 4 is 11.4 Å². The first-order chi connectivity index (χ1) is 10.1. The number of benzene rings is 1. The average molecular weight is 291 g/mol. The standard InChI is InChI=1S/C17H26FN3/c1-12(2)20(3)16-7-6-13(11-14(16)18)19-15-8-10-21-9-4-5-17(15)21/h6-7,11-12,15,17,19H,4-5,8-10H2,1-3H3. The van der Waals surface area contributed by atoms with Crippen LogP contribution in [0.1, 0.15) is 33.1 Å². The molecular formula is C17H26FN3. The van der Waals surface area contributed by atoms with Gasteiger partial charge >= 0.3 is 0 Å². The van der Waals surface area contributed by atoms with Gasteiger partial charge in [0, 0.05) is 37.4 Å². The summed E-state index contributed by atoms with van der Waals surface area (Å²) in [6.07, 6.45) is 3.74. The first kappa shape index (κ1) is 14.6. The highest BCUT2D eigenvalue weighted by atomic mass is 19.1. The zero-order valence-electron chi connectivity index (χ0n) is 13.3. The first-order valence-electron chi connectivity index (χ1n) is 8.09. The van der Waals surface area contributed by atoms with Gasteiger partial charge in [-0.25, -0.2) is 4.39 Å². The maximum absolute atomic E-state index is 14.3. The van der Waals surface area contributed by atoms with E-state index >= 15 is 0 Å². The minimum Gasteiger partial charge on any atom is -0.381 e. The van der Waals surface area contributed by atoms with Gasteiger partial charge in [-0.15, -0.1) is 0 Å². The van der Waals surface area contributed by atoms with E-state index in [9.17, 15) is 4.39 Å². The predicted molar refractivity (Wildman–Crippen MR) is 86.6 cm³/mol. The Morgan fingerprint density at radius 2 is 2.10 bits per heavy atom. The summed E-state index contributed by atoms with van der Waals surface area (Å²) < 4.78 is 14.3. The minimum absolute atomic E-state index is 0.141. The molecule has 2 fully saturated rings. The first-order valence-corrected chi connectivity index (χ1v) is 8.09. The third-order valence-corrected chi connectivity index (χ3v) is 5.06. The number of halogens is 1. The van der Waals surface area contributed by atoms with E-state index in [4.69, 9.17) is 0 Å². The van der Waals surface area contributed by atoms with E-state index in [1.807, 2.05) is 24.1 Å². The number of anilines is 2. The van der Waals surface area contributed by atoms with Gasteiger partial charge in [0.05, 0.1) is 5.69 Å². The molecule has 0 saturated carbocycles. The molecule has 2 unspecified atom stereocenters. The Labute approximate surface area is 127 Å². The summed E-state index contributed by atoms with van der Waals surface area (Å²) in [5, 5.41) is 3.55. The third kappa shape index (κ3) is 2.86. The minimum atomic E-state index is -0.141. The molecular weight excluding hydrogens is 265 g/mol. The normalized spacial score (nSPS) is 25.4. The Morgan fingerprint density at radius 1 is 1.29 bits per heavy atom. The second-order valence-corrected chi connectivity index (χ2v) is 6.66. The zero-order valence-corrected chi connectivity index (χ0v) is 13.3.